The van der Waals surface area contributed by atoms with E-state index in [0.29, 0.717) is 6.54 Å². The Kier molecular flexibility index (Phi) is 9.30. The van der Waals surface area contributed by atoms with Crippen molar-refractivity contribution in [2.45, 2.75) is 65.1 Å². The molecule has 31 heavy (non-hydrogen) atoms. The van der Waals surface area contributed by atoms with Crippen molar-refractivity contribution in [3.8, 4) is 0 Å². The molecule has 1 aromatic rings. The maximum atomic E-state index is 12.0. The lowest BCUT2D eigenvalue weighted by Gasteiger charge is -2.26. The number of carbonyl (C=O) groups is 3. The third-order valence-corrected chi connectivity index (χ3v) is 4.84. The molecule has 1 fully saturated rings. The molecular weight excluding hydrogens is 398 g/mol. The van der Waals surface area contributed by atoms with Gasteiger partial charge in [-0.1, -0.05) is 30.3 Å². The van der Waals surface area contributed by atoms with Crippen LogP contribution in [-0.2, 0) is 20.8 Å². The third-order valence-electron chi connectivity index (χ3n) is 4.84. The van der Waals surface area contributed by atoms with Crippen molar-refractivity contribution in [1.29, 1.82) is 0 Å². The van der Waals surface area contributed by atoms with Crippen LogP contribution in [-0.4, -0.2) is 65.8 Å². The summed E-state index contributed by atoms with van der Waals surface area (Å²) in [5.74, 6) is -0.270. The highest BCUT2D eigenvalue weighted by Crippen LogP contribution is 2.11. The van der Waals surface area contributed by atoms with E-state index in [1.54, 1.807) is 0 Å². The normalized spacial score (nSPS) is 15.2. The number of nitrogens with one attached hydrogen (secondary N) is 1. The number of imide groups is 1. The van der Waals surface area contributed by atoms with Gasteiger partial charge in [0.1, 0.15) is 5.60 Å². The van der Waals surface area contributed by atoms with Gasteiger partial charge in [0, 0.05) is 25.7 Å². The smallest absolute Gasteiger partial charge is 0.417 e. The first-order valence-electron chi connectivity index (χ1n) is 10.9. The predicted octanol–water partition coefficient (Wildman–Crippen LogP) is 3.55. The molecule has 8 nitrogen and oxygen atoms in total. The average Bonchev–Trinajstić information content (AvgIpc) is 3.00. The van der Waals surface area contributed by atoms with Gasteiger partial charge in [-0.3, -0.25) is 9.69 Å². The van der Waals surface area contributed by atoms with Crippen molar-refractivity contribution >= 4 is 18.1 Å². The SMILES string of the molecule is CC(CCN(CCCCN1C(=O)COC1=O)Cc1ccccc1)NC(=O)OC(C)(C)C. The second-order valence-corrected chi connectivity index (χ2v) is 8.90. The van der Waals surface area contributed by atoms with E-state index in [-0.39, 0.29) is 18.6 Å². The molecule has 0 saturated carbocycles. The van der Waals surface area contributed by atoms with Gasteiger partial charge in [0.2, 0.25) is 0 Å². The summed E-state index contributed by atoms with van der Waals surface area (Å²) in [5.41, 5.74) is 0.695. The van der Waals surface area contributed by atoms with Crippen molar-refractivity contribution in [3.05, 3.63) is 35.9 Å². The first kappa shape index (κ1) is 24.7. The van der Waals surface area contributed by atoms with Gasteiger partial charge in [0.05, 0.1) is 0 Å². The molecule has 172 valence electrons. The van der Waals surface area contributed by atoms with Crippen LogP contribution in [0.2, 0.25) is 0 Å². The zero-order chi connectivity index (χ0) is 22.9. The van der Waals surface area contributed by atoms with Gasteiger partial charge in [0.25, 0.3) is 5.91 Å². The van der Waals surface area contributed by atoms with Gasteiger partial charge in [-0.25, -0.2) is 14.5 Å². The number of rotatable bonds is 11. The standard InChI is InChI=1S/C23H35N3O5/c1-18(24-21(28)31-23(2,3)4)12-15-25(16-19-10-6-5-7-11-19)13-8-9-14-26-20(27)17-30-22(26)29/h5-7,10-11,18H,8-9,12-17H2,1-4H3,(H,24,28). The van der Waals surface area contributed by atoms with E-state index in [2.05, 4.69) is 22.3 Å². The van der Waals surface area contributed by atoms with Gasteiger partial charge >= 0.3 is 12.2 Å². The molecule has 0 aromatic heterocycles. The summed E-state index contributed by atoms with van der Waals surface area (Å²) in [6.07, 6.45) is 1.39. The highest BCUT2D eigenvalue weighted by Gasteiger charge is 2.30. The van der Waals surface area contributed by atoms with Crippen LogP contribution in [0.1, 0.15) is 52.5 Å². The number of cyclic esters (lactones) is 1. The van der Waals surface area contributed by atoms with Crippen molar-refractivity contribution in [3.63, 3.8) is 0 Å². The Labute approximate surface area is 184 Å². The quantitative estimate of drug-likeness (QED) is 0.537. The molecule has 0 spiro atoms. The van der Waals surface area contributed by atoms with Gasteiger partial charge in [-0.2, -0.15) is 0 Å². The van der Waals surface area contributed by atoms with Crippen LogP contribution in [0.4, 0.5) is 9.59 Å². The highest BCUT2D eigenvalue weighted by molar-refractivity contribution is 5.97. The second-order valence-electron chi connectivity index (χ2n) is 8.90. The summed E-state index contributed by atoms with van der Waals surface area (Å²) >= 11 is 0. The molecule has 1 heterocycles. The lowest BCUT2D eigenvalue weighted by Crippen LogP contribution is -2.39. The molecular formula is C23H35N3O5. The number of benzene rings is 1. The number of amides is 3. The minimum Gasteiger partial charge on any atom is -0.444 e. The number of alkyl carbamates (subject to hydrolysis) is 1. The molecule has 2 rings (SSSR count). The lowest BCUT2D eigenvalue weighted by atomic mass is 10.1. The summed E-state index contributed by atoms with van der Waals surface area (Å²) in [5, 5.41) is 2.89. The molecule has 8 heteroatoms. The second kappa shape index (κ2) is 11.7. The minimum atomic E-state index is -0.548. The molecule has 1 saturated heterocycles. The fourth-order valence-corrected chi connectivity index (χ4v) is 3.27. The van der Waals surface area contributed by atoms with Gasteiger partial charge in [0.15, 0.2) is 6.61 Å². The summed E-state index contributed by atoms with van der Waals surface area (Å²) in [4.78, 5) is 38.6. The Bertz CT molecular complexity index is 716. The maximum Gasteiger partial charge on any atom is 0.417 e. The molecule has 0 aliphatic carbocycles. The van der Waals surface area contributed by atoms with Crippen LogP contribution in [0.5, 0.6) is 0 Å². The maximum absolute atomic E-state index is 12.0. The van der Waals surface area contributed by atoms with E-state index in [9.17, 15) is 14.4 Å². The molecule has 1 unspecified atom stereocenters. The van der Waals surface area contributed by atoms with Crippen LogP contribution in [0.3, 0.4) is 0 Å². The summed E-state index contributed by atoms with van der Waals surface area (Å²) in [7, 11) is 0. The van der Waals surface area contributed by atoms with E-state index in [1.807, 2.05) is 45.9 Å². The van der Waals surface area contributed by atoms with Gasteiger partial charge < -0.3 is 14.8 Å². The Morgan fingerprint density at radius 3 is 2.52 bits per heavy atom. The molecule has 1 aliphatic heterocycles. The number of hydrogen-bond donors (Lipinski definition) is 1. The van der Waals surface area contributed by atoms with Gasteiger partial charge in [-0.05, 0) is 59.1 Å². The topological polar surface area (TPSA) is 88.2 Å². The number of hydrogen-bond acceptors (Lipinski definition) is 6. The molecule has 1 aromatic carbocycles. The highest BCUT2D eigenvalue weighted by atomic mass is 16.6. The first-order valence-corrected chi connectivity index (χ1v) is 10.9. The summed E-state index contributed by atoms with van der Waals surface area (Å²) in [6.45, 7) is 10.1. The number of ether oxygens (including phenoxy) is 2. The zero-order valence-electron chi connectivity index (χ0n) is 19.1. The number of nitrogens with zero attached hydrogens (tertiary/aromatic N) is 2. The number of unbranched alkanes of at least 4 members (excludes halogenated alkanes) is 1. The third kappa shape index (κ3) is 9.38. The van der Waals surface area contributed by atoms with E-state index >= 15 is 0 Å². The zero-order valence-corrected chi connectivity index (χ0v) is 19.1. The monoisotopic (exact) mass is 433 g/mol. The van der Waals surface area contributed by atoms with E-state index in [1.165, 1.54) is 10.5 Å². The molecule has 1 atom stereocenters. The summed E-state index contributed by atoms with van der Waals surface area (Å²) < 4.78 is 10.1. The Morgan fingerprint density at radius 2 is 1.90 bits per heavy atom. The average molecular weight is 434 g/mol. The fraction of sp³-hybridized carbons (Fsp3) is 0.609. The van der Waals surface area contributed by atoms with Crippen LogP contribution >= 0.6 is 0 Å². The largest absolute Gasteiger partial charge is 0.444 e. The van der Waals surface area contributed by atoms with Crippen LogP contribution < -0.4 is 5.32 Å². The van der Waals surface area contributed by atoms with Gasteiger partial charge in [-0.15, -0.1) is 0 Å². The Hall–Kier alpha value is -2.61. The Morgan fingerprint density at radius 1 is 1.19 bits per heavy atom. The molecule has 1 N–H and O–H groups in total. The molecule has 3 amide bonds. The Balaban J connectivity index is 1.81. The van der Waals surface area contributed by atoms with Crippen LogP contribution in [0.25, 0.3) is 0 Å². The molecule has 0 bridgehead atoms. The van der Waals surface area contributed by atoms with E-state index < -0.39 is 17.8 Å². The molecule has 0 radical (unpaired) electrons. The van der Waals surface area contributed by atoms with Crippen LogP contribution in [0, 0.1) is 0 Å². The summed E-state index contributed by atoms with van der Waals surface area (Å²) in [6, 6.07) is 10.2. The van der Waals surface area contributed by atoms with Crippen molar-refractivity contribution < 1.29 is 23.9 Å². The molecule has 1 aliphatic rings. The van der Waals surface area contributed by atoms with Crippen molar-refractivity contribution in [1.82, 2.24) is 15.1 Å². The number of carbonyl (C=O) groups excluding carboxylic acids is 3. The van der Waals surface area contributed by atoms with E-state index in [0.717, 1.165) is 38.9 Å². The minimum absolute atomic E-state index is 0.0230. The van der Waals surface area contributed by atoms with Crippen molar-refractivity contribution in [2.24, 2.45) is 0 Å². The predicted molar refractivity (Wildman–Crippen MR) is 117 cm³/mol. The lowest BCUT2D eigenvalue weighted by molar-refractivity contribution is -0.125. The van der Waals surface area contributed by atoms with Crippen LogP contribution in [0.15, 0.2) is 30.3 Å². The fourth-order valence-electron chi connectivity index (χ4n) is 3.27. The first-order chi connectivity index (χ1) is 14.6. The van der Waals surface area contributed by atoms with E-state index in [4.69, 9.17) is 9.47 Å². The van der Waals surface area contributed by atoms with Crippen molar-refractivity contribution in [2.75, 3.05) is 26.2 Å².